The van der Waals surface area contributed by atoms with Crippen LogP contribution in [0.4, 0.5) is 0 Å². The Labute approximate surface area is 176 Å². The minimum Gasteiger partial charge on any atom is -0.508 e. The maximum atomic E-state index is 12.6. The van der Waals surface area contributed by atoms with Gasteiger partial charge in [0.2, 0.25) is 0 Å². The number of aromatic amines is 1. The van der Waals surface area contributed by atoms with E-state index in [2.05, 4.69) is 16.4 Å². The van der Waals surface area contributed by atoms with Crippen LogP contribution in [0.1, 0.15) is 29.9 Å². The number of aromatic hydroxyl groups is 1. The predicted molar refractivity (Wildman–Crippen MR) is 116 cm³/mol. The van der Waals surface area contributed by atoms with Gasteiger partial charge in [-0.25, -0.2) is 4.79 Å². The molecule has 1 aliphatic heterocycles. The van der Waals surface area contributed by atoms with Crippen molar-refractivity contribution in [1.29, 1.82) is 0 Å². The number of H-pyrrole nitrogens is 1. The molecule has 1 aliphatic carbocycles. The first-order valence-electron chi connectivity index (χ1n) is 9.38. The van der Waals surface area contributed by atoms with Crippen LogP contribution < -0.4 is 16.6 Å². The van der Waals surface area contributed by atoms with Crippen molar-refractivity contribution in [2.24, 2.45) is 5.92 Å². The third-order valence-electron chi connectivity index (χ3n) is 6.17. The van der Waals surface area contributed by atoms with Gasteiger partial charge in [-0.2, -0.15) is 0 Å². The number of phenols is 1. The van der Waals surface area contributed by atoms with Gasteiger partial charge in [-0.3, -0.25) is 14.3 Å². The fourth-order valence-electron chi connectivity index (χ4n) is 4.87. The maximum absolute atomic E-state index is 12.6. The molecule has 3 N–H and O–H groups in total. The van der Waals surface area contributed by atoms with Gasteiger partial charge in [0.05, 0.1) is 5.39 Å². The van der Waals surface area contributed by atoms with Crippen molar-refractivity contribution in [3.05, 3.63) is 61.6 Å². The van der Waals surface area contributed by atoms with E-state index >= 15 is 0 Å². The number of hydrogen-bond acceptors (Lipinski definition) is 5. The summed E-state index contributed by atoms with van der Waals surface area (Å²) >= 11 is 1.37. The molecule has 5 rings (SSSR count). The van der Waals surface area contributed by atoms with E-state index in [1.54, 1.807) is 12.1 Å². The van der Waals surface area contributed by atoms with Crippen LogP contribution in [0.2, 0.25) is 0 Å². The minimum absolute atomic E-state index is 0. The standard InChI is InChI=1S/C20H21N3O3S.BrH/c24-16-3-1-2-13-12(16)5-4-11-10-21-15(17(11)13)6-8-23-19(25)14-7-9-27-18(14)22-20(23)26;/h1-3,7,9,11,15,17,21,24H,4-6,8,10H2,(H,22,26);1H/t11-,15?,17+;/m0./s1. The van der Waals surface area contributed by atoms with Gasteiger partial charge in [0.15, 0.2) is 0 Å². The Hall–Kier alpha value is -1.90. The molecule has 1 aromatic carbocycles. The van der Waals surface area contributed by atoms with E-state index in [0.29, 0.717) is 40.8 Å². The number of halogens is 1. The number of benzene rings is 1. The number of rotatable bonds is 3. The quantitative estimate of drug-likeness (QED) is 0.557. The highest BCUT2D eigenvalue weighted by Gasteiger charge is 2.40. The van der Waals surface area contributed by atoms with Gasteiger partial charge in [0.25, 0.3) is 5.56 Å². The van der Waals surface area contributed by atoms with Crippen LogP contribution in [0, 0.1) is 5.92 Å². The Morgan fingerprint density at radius 3 is 2.96 bits per heavy atom. The largest absolute Gasteiger partial charge is 0.508 e. The molecule has 1 unspecified atom stereocenters. The minimum atomic E-state index is -0.341. The van der Waals surface area contributed by atoms with Crippen LogP contribution in [0.25, 0.3) is 10.2 Å². The fraction of sp³-hybridized carbons (Fsp3) is 0.400. The molecule has 0 radical (unpaired) electrons. The Kier molecular flexibility index (Phi) is 5.20. The number of nitrogens with one attached hydrogen (secondary N) is 2. The second-order valence-electron chi connectivity index (χ2n) is 7.52. The molecule has 3 atom stereocenters. The molecule has 0 saturated carbocycles. The second-order valence-corrected chi connectivity index (χ2v) is 8.44. The lowest BCUT2D eigenvalue weighted by Gasteiger charge is -2.31. The number of fused-ring (bicyclic) bond motifs is 4. The van der Waals surface area contributed by atoms with Gasteiger partial charge in [-0.05, 0) is 60.4 Å². The van der Waals surface area contributed by atoms with Crippen molar-refractivity contribution < 1.29 is 5.11 Å². The molecule has 8 heteroatoms. The molecule has 2 aromatic heterocycles. The van der Waals surface area contributed by atoms with Gasteiger partial charge in [-0.1, -0.05) is 12.1 Å². The van der Waals surface area contributed by atoms with E-state index in [-0.39, 0.29) is 34.3 Å². The summed E-state index contributed by atoms with van der Waals surface area (Å²) in [6.45, 7) is 1.33. The Morgan fingerprint density at radius 1 is 1.25 bits per heavy atom. The van der Waals surface area contributed by atoms with Crippen molar-refractivity contribution in [1.82, 2.24) is 14.9 Å². The zero-order chi connectivity index (χ0) is 18.5. The molecular formula is C20H22BrN3O3S. The lowest BCUT2D eigenvalue weighted by molar-refractivity contribution is 0.381. The molecule has 1 fully saturated rings. The Balaban J connectivity index is 0.00000192. The lowest BCUT2D eigenvalue weighted by atomic mass is 9.73. The highest BCUT2D eigenvalue weighted by molar-refractivity contribution is 8.93. The summed E-state index contributed by atoms with van der Waals surface area (Å²) in [5.41, 5.74) is 1.72. The molecule has 0 spiro atoms. The summed E-state index contributed by atoms with van der Waals surface area (Å²) in [5.74, 6) is 1.24. The molecule has 3 aromatic rings. The van der Waals surface area contributed by atoms with Crippen molar-refractivity contribution >= 4 is 38.5 Å². The first-order valence-corrected chi connectivity index (χ1v) is 10.3. The van der Waals surface area contributed by atoms with Crippen LogP contribution in [-0.2, 0) is 13.0 Å². The highest BCUT2D eigenvalue weighted by atomic mass is 79.9. The van der Waals surface area contributed by atoms with Crippen molar-refractivity contribution in [2.45, 2.75) is 37.8 Å². The topological polar surface area (TPSA) is 87.1 Å². The Bertz CT molecular complexity index is 1140. The average molecular weight is 464 g/mol. The number of aromatic nitrogens is 2. The van der Waals surface area contributed by atoms with E-state index in [9.17, 15) is 14.7 Å². The predicted octanol–water partition coefficient (Wildman–Crippen LogP) is 2.74. The fourth-order valence-corrected chi connectivity index (χ4v) is 5.64. The molecule has 6 nitrogen and oxygen atoms in total. The number of hydrogen-bond donors (Lipinski definition) is 3. The SMILES string of the molecule is Br.O=c1[nH]c2sccc2c(=O)n1CCC1NC[C@@H]2CCc3c(O)cccc3[C@H]12. The summed E-state index contributed by atoms with van der Waals surface area (Å²) in [6.07, 6.45) is 2.67. The van der Waals surface area contributed by atoms with Gasteiger partial charge >= 0.3 is 5.69 Å². The van der Waals surface area contributed by atoms with E-state index in [1.807, 2.05) is 11.4 Å². The van der Waals surface area contributed by atoms with E-state index in [4.69, 9.17) is 0 Å². The molecule has 1 saturated heterocycles. The molecule has 0 amide bonds. The maximum Gasteiger partial charge on any atom is 0.329 e. The van der Waals surface area contributed by atoms with Crippen LogP contribution in [0.3, 0.4) is 0 Å². The van der Waals surface area contributed by atoms with Gasteiger partial charge in [0.1, 0.15) is 10.6 Å². The number of thiophene rings is 1. The van der Waals surface area contributed by atoms with E-state index in [0.717, 1.165) is 24.9 Å². The highest BCUT2D eigenvalue weighted by Crippen LogP contribution is 2.44. The van der Waals surface area contributed by atoms with Gasteiger partial charge in [0, 0.05) is 18.5 Å². The zero-order valence-electron chi connectivity index (χ0n) is 15.2. The van der Waals surface area contributed by atoms with Crippen LogP contribution >= 0.6 is 28.3 Å². The molecule has 2 aliphatic rings. The van der Waals surface area contributed by atoms with E-state index in [1.165, 1.54) is 21.5 Å². The van der Waals surface area contributed by atoms with Crippen LogP contribution in [0.5, 0.6) is 5.75 Å². The third-order valence-corrected chi connectivity index (χ3v) is 7.00. The summed E-state index contributed by atoms with van der Waals surface area (Å²) in [6, 6.07) is 7.73. The second kappa shape index (κ2) is 7.50. The molecule has 3 heterocycles. The summed E-state index contributed by atoms with van der Waals surface area (Å²) in [4.78, 5) is 28.4. The Morgan fingerprint density at radius 2 is 2.11 bits per heavy atom. The monoisotopic (exact) mass is 463 g/mol. The normalized spacial score (nSPS) is 23.2. The summed E-state index contributed by atoms with van der Waals surface area (Å²) < 4.78 is 1.32. The number of phenolic OH excluding ortho intramolecular Hbond substituents is 1. The van der Waals surface area contributed by atoms with Gasteiger partial charge in [-0.15, -0.1) is 28.3 Å². The van der Waals surface area contributed by atoms with E-state index < -0.39 is 0 Å². The first-order chi connectivity index (χ1) is 13.1. The third kappa shape index (κ3) is 3.03. The molecule has 148 valence electrons. The van der Waals surface area contributed by atoms with Crippen LogP contribution in [0.15, 0.2) is 39.2 Å². The zero-order valence-corrected chi connectivity index (χ0v) is 17.7. The summed E-state index contributed by atoms with van der Waals surface area (Å²) in [5, 5.41) is 16.2. The lowest BCUT2D eigenvalue weighted by Crippen LogP contribution is -2.37. The summed E-state index contributed by atoms with van der Waals surface area (Å²) in [7, 11) is 0. The van der Waals surface area contributed by atoms with Crippen molar-refractivity contribution in [2.75, 3.05) is 6.54 Å². The first kappa shape index (κ1) is 19.4. The molecule has 28 heavy (non-hydrogen) atoms. The van der Waals surface area contributed by atoms with Crippen LogP contribution in [-0.4, -0.2) is 27.2 Å². The smallest absolute Gasteiger partial charge is 0.329 e. The van der Waals surface area contributed by atoms with Gasteiger partial charge < -0.3 is 10.4 Å². The average Bonchev–Trinajstić information content (AvgIpc) is 3.29. The molecular weight excluding hydrogens is 442 g/mol. The number of nitrogens with zero attached hydrogens (tertiary/aromatic N) is 1. The molecule has 0 bridgehead atoms. The van der Waals surface area contributed by atoms with Crippen molar-refractivity contribution in [3.63, 3.8) is 0 Å². The van der Waals surface area contributed by atoms with Crippen molar-refractivity contribution in [3.8, 4) is 5.75 Å².